The largest absolute Gasteiger partial charge is 0.309 e. The molecule has 0 unspecified atom stereocenters. The lowest BCUT2D eigenvalue weighted by atomic mass is 9.65. The number of hydrogen-bond donors (Lipinski definition) is 0. The van der Waals surface area contributed by atoms with E-state index in [4.69, 9.17) is 9.97 Å². The van der Waals surface area contributed by atoms with E-state index in [-0.39, 0.29) is 0 Å². The molecule has 52 heavy (non-hydrogen) atoms. The van der Waals surface area contributed by atoms with Crippen molar-refractivity contribution in [1.29, 1.82) is 0 Å². The van der Waals surface area contributed by atoms with E-state index >= 15 is 0 Å². The Kier molecular flexibility index (Phi) is 5.43. The van der Waals surface area contributed by atoms with Crippen molar-refractivity contribution >= 4 is 43.6 Å². The van der Waals surface area contributed by atoms with Crippen LogP contribution in [0.25, 0.3) is 82.8 Å². The Morgan fingerprint density at radius 1 is 0.442 bits per heavy atom. The molecule has 7 aromatic carbocycles. The third kappa shape index (κ3) is 3.49. The molecule has 1 spiro atoms. The minimum absolute atomic E-state index is 0.478. The predicted octanol–water partition coefficient (Wildman–Crippen LogP) is 11.9. The predicted molar refractivity (Wildman–Crippen MR) is 213 cm³/mol. The molecule has 240 valence electrons. The molecular formula is C49H29N3. The second-order valence-electron chi connectivity index (χ2n) is 14.1. The van der Waals surface area contributed by atoms with Crippen molar-refractivity contribution in [2.75, 3.05) is 0 Å². The van der Waals surface area contributed by atoms with Crippen LogP contribution in [-0.2, 0) is 5.41 Å². The van der Waals surface area contributed by atoms with Gasteiger partial charge >= 0.3 is 0 Å². The summed E-state index contributed by atoms with van der Waals surface area (Å²) >= 11 is 0. The Morgan fingerprint density at radius 2 is 1.13 bits per heavy atom. The lowest BCUT2D eigenvalue weighted by Crippen LogP contribution is -2.33. The Labute approximate surface area is 300 Å². The SMILES string of the molecule is c1cc(-c2cc3c4c(c2)c2ccccc2n4-c2ccccc2C32c3ccccc3-c3ccccc32)cc(-c2ccc3ccc4cccnc4c3n2)c1. The molecule has 10 aromatic rings. The molecule has 3 heteroatoms. The third-order valence-electron chi connectivity index (χ3n) is 11.6. The van der Waals surface area contributed by atoms with E-state index < -0.39 is 5.41 Å². The molecule has 4 heterocycles. The van der Waals surface area contributed by atoms with Crippen LogP contribution in [0.3, 0.4) is 0 Å². The van der Waals surface area contributed by atoms with Crippen LogP contribution in [0.4, 0.5) is 0 Å². The average molecular weight is 660 g/mol. The molecule has 0 radical (unpaired) electrons. The van der Waals surface area contributed by atoms with E-state index in [0.717, 1.165) is 33.1 Å². The zero-order valence-corrected chi connectivity index (χ0v) is 28.1. The zero-order valence-electron chi connectivity index (χ0n) is 28.1. The van der Waals surface area contributed by atoms with Gasteiger partial charge in [0.15, 0.2) is 0 Å². The highest BCUT2D eigenvalue weighted by molar-refractivity contribution is 6.14. The fraction of sp³-hybridized carbons (Fsp3) is 0.0204. The second kappa shape index (κ2) is 10.1. The number of para-hydroxylation sites is 2. The van der Waals surface area contributed by atoms with Crippen molar-refractivity contribution in [2.24, 2.45) is 0 Å². The Morgan fingerprint density at radius 3 is 1.98 bits per heavy atom. The lowest BCUT2D eigenvalue weighted by molar-refractivity contribution is 0.749. The first-order chi connectivity index (χ1) is 25.8. The molecule has 0 fully saturated rings. The van der Waals surface area contributed by atoms with Crippen molar-refractivity contribution in [1.82, 2.24) is 14.5 Å². The summed E-state index contributed by atoms with van der Waals surface area (Å²) in [5.41, 5.74) is 17.5. The van der Waals surface area contributed by atoms with E-state index in [1.165, 1.54) is 72.0 Å². The normalized spacial score (nSPS) is 13.5. The highest BCUT2D eigenvalue weighted by Crippen LogP contribution is 2.61. The number of hydrogen-bond acceptors (Lipinski definition) is 2. The molecule has 0 amide bonds. The van der Waals surface area contributed by atoms with Gasteiger partial charge in [-0.05, 0) is 87.0 Å². The van der Waals surface area contributed by atoms with Gasteiger partial charge in [-0.1, -0.05) is 127 Å². The molecule has 0 saturated heterocycles. The van der Waals surface area contributed by atoms with Crippen molar-refractivity contribution in [3.8, 4) is 39.2 Å². The molecule has 0 saturated carbocycles. The first-order valence-electron chi connectivity index (χ1n) is 17.9. The Hall–Kier alpha value is -6.84. The fourth-order valence-electron chi connectivity index (χ4n) is 9.49. The monoisotopic (exact) mass is 659 g/mol. The van der Waals surface area contributed by atoms with Gasteiger partial charge in [-0.25, -0.2) is 4.98 Å². The summed E-state index contributed by atoms with van der Waals surface area (Å²) in [5.74, 6) is 0. The van der Waals surface area contributed by atoms with Crippen LogP contribution in [0.15, 0.2) is 176 Å². The fourth-order valence-corrected chi connectivity index (χ4v) is 9.49. The minimum Gasteiger partial charge on any atom is -0.309 e. The second-order valence-corrected chi connectivity index (χ2v) is 14.1. The Balaban J connectivity index is 1.17. The maximum absolute atomic E-state index is 5.21. The van der Waals surface area contributed by atoms with Crippen molar-refractivity contribution in [3.63, 3.8) is 0 Å². The summed E-state index contributed by atoms with van der Waals surface area (Å²) in [7, 11) is 0. The van der Waals surface area contributed by atoms with Crippen LogP contribution in [0.2, 0.25) is 0 Å². The van der Waals surface area contributed by atoms with Gasteiger partial charge in [0.1, 0.15) is 0 Å². The van der Waals surface area contributed by atoms with Gasteiger partial charge < -0.3 is 4.57 Å². The molecule has 0 atom stereocenters. The quantitative estimate of drug-likeness (QED) is 0.173. The zero-order chi connectivity index (χ0) is 34.0. The van der Waals surface area contributed by atoms with Gasteiger partial charge in [-0.15, -0.1) is 0 Å². The molecule has 0 bridgehead atoms. The van der Waals surface area contributed by atoms with Gasteiger partial charge in [0.05, 0.1) is 38.9 Å². The van der Waals surface area contributed by atoms with Crippen molar-refractivity contribution in [2.45, 2.75) is 5.41 Å². The topological polar surface area (TPSA) is 30.7 Å². The number of aromatic nitrogens is 3. The van der Waals surface area contributed by atoms with Gasteiger partial charge in [0.2, 0.25) is 0 Å². The van der Waals surface area contributed by atoms with Crippen LogP contribution in [0, 0.1) is 0 Å². The summed E-state index contributed by atoms with van der Waals surface area (Å²) < 4.78 is 2.52. The van der Waals surface area contributed by atoms with Gasteiger partial charge in [0.25, 0.3) is 0 Å². The van der Waals surface area contributed by atoms with Crippen LogP contribution in [-0.4, -0.2) is 14.5 Å². The van der Waals surface area contributed by atoms with E-state index in [1.54, 1.807) is 0 Å². The maximum atomic E-state index is 5.21. The number of rotatable bonds is 2. The van der Waals surface area contributed by atoms with E-state index in [0.29, 0.717) is 0 Å². The molecule has 3 nitrogen and oxygen atoms in total. The smallest absolute Gasteiger partial charge is 0.0972 e. The maximum Gasteiger partial charge on any atom is 0.0972 e. The summed E-state index contributed by atoms with van der Waals surface area (Å²) in [6.07, 6.45) is 1.85. The Bertz CT molecular complexity index is 3100. The van der Waals surface area contributed by atoms with Crippen LogP contribution < -0.4 is 0 Å². The van der Waals surface area contributed by atoms with E-state index in [2.05, 4.69) is 168 Å². The number of benzene rings is 7. The van der Waals surface area contributed by atoms with Gasteiger partial charge in [0, 0.05) is 33.3 Å². The number of pyridine rings is 2. The van der Waals surface area contributed by atoms with Crippen LogP contribution in [0.1, 0.15) is 22.3 Å². The third-order valence-corrected chi connectivity index (χ3v) is 11.6. The molecule has 2 aliphatic rings. The molecule has 1 aliphatic carbocycles. The first-order valence-corrected chi connectivity index (χ1v) is 17.9. The molecule has 0 N–H and O–H groups in total. The number of nitrogens with zero attached hydrogens (tertiary/aromatic N) is 3. The highest BCUT2D eigenvalue weighted by atomic mass is 15.0. The lowest BCUT2D eigenvalue weighted by Gasteiger charge is -2.39. The van der Waals surface area contributed by atoms with Crippen LogP contribution >= 0.6 is 0 Å². The average Bonchev–Trinajstić information content (AvgIpc) is 3.71. The van der Waals surface area contributed by atoms with Gasteiger partial charge in [-0.2, -0.15) is 0 Å². The standard InChI is InChI=1S/C49H29N3/c1-4-17-39-35(14-1)36-15-2-5-18-40(36)49(39)41-19-6-8-21-45(41)52-44-20-7-3-16-37(44)38-28-34(29-42(49)48(38)52)32-11-9-12-33(27-32)43-25-24-31-23-22-30-13-10-26-50-46(30)47(31)51-43/h1-29H. The summed E-state index contributed by atoms with van der Waals surface area (Å²) in [6, 6.07) is 62.5. The highest BCUT2D eigenvalue weighted by Gasteiger charge is 2.50. The minimum atomic E-state index is -0.478. The van der Waals surface area contributed by atoms with Crippen molar-refractivity contribution in [3.05, 3.63) is 198 Å². The molecule has 3 aromatic heterocycles. The number of fused-ring (bicyclic) bond motifs is 15. The van der Waals surface area contributed by atoms with E-state index in [1.807, 2.05) is 12.3 Å². The van der Waals surface area contributed by atoms with Crippen LogP contribution in [0.5, 0.6) is 0 Å². The van der Waals surface area contributed by atoms with Crippen molar-refractivity contribution < 1.29 is 0 Å². The molecule has 12 rings (SSSR count). The molecule has 1 aliphatic heterocycles. The van der Waals surface area contributed by atoms with Gasteiger partial charge in [-0.3, -0.25) is 4.98 Å². The first kappa shape index (κ1) is 27.9. The summed E-state index contributed by atoms with van der Waals surface area (Å²) in [6.45, 7) is 0. The summed E-state index contributed by atoms with van der Waals surface area (Å²) in [4.78, 5) is 9.92. The summed E-state index contributed by atoms with van der Waals surface area (Å²) in [5, 5.41) is 4.72. The van der Waals surface area contributed by atoms with E-state index in [9.17, 15) is 0 Å². The molecular weight excluding hydrogens is 631 g/mol.